The van der Waals surface area contributed by atoms with Gasteiger partial charge >= 0.3 is 0 Å². The minimum absolute atomic E-state index is 0.0404. The number of nitrogens with zero attached hydrogens (tertiary/aromatic N) is 2. The van der Waals surface area contributed by atoms with Crippen LogP contribution < -0.4 is 0 Å². The van der Waals surface area contributed by atoms with Crippen molar-refractivity contribution >= 4 is 33.8 Å². The van der Waals surface area contributed by atoms with Crippen LogP contribution in [0.15, 0.2) is 17.8 Å². The van der Waals surface area contributed by atoms with Gasteiger partial charge in [0.15, 0.2) is 0 Å². The molecular weight excluding hydrogens is 368 g/mol. The highest BCUT2D eigenvalue weighted by molar-refractivity contribution is 7.71. The van der Waals surface area contributed by atoms with E-state index in [0.717, 1.165) is 21.3 Å². The van der Waals surface area contributed by atoms with Crippen LogP contribution >= 0.6 is 23.6 Å². The standard InChI is InChI=1S/C19H28N2O3S2/c1-18(2,3)22-10-14-13(24-19(4,5)6)9-15(23-14)21-8-7-12-16(17(21)25)26-11-20-12/h7-8,11,13-15H,9-10H2,1-6H3/t13?,14-,15-/m1/s1. The maximum Gasteiger partial charge on any atom is 0.137 e. The topological polar surface area (TPSA) is 45.5 Å². The van der Waals surface area contributed by atoms with Gasteiger partial charge in [-0.05, 0) is 47.6 Å². The molecular formula is C19H28N2O3S2. The summed E-state index contributed by atoms with van der Waals surface area (Å²) in [5.74, 6) is 0. The zero-order chi connectivity index (χ0) is 19.1. The van der Waals surface area contributed by atoms with Crippen LogP contribution in [0, 0.1) is 4.64 Å². The molecule has 0 aliphatic carbocycles. The lowest BCUT2D eigenvalue weighted by Crippen LogP contribution is -2.37. The first-order chi connectivity index (χ1) is 12.0. The molecule has 0 spiro atoms. The normalized spacial score (nSPS) is 24.5. The highest BCUT2D eigenvalue weighted by Crippen LogP contribution is 2.35. The van der Waals surface area contributed by atoms with Gasteiger partial charge in [-0.1, -0.05) is 12.2 Å². The molecule has 3 rings (SSSR count). The summed E-state index contributed by atoms with van der Waals surface area (Å²) >= 11 is 7.24. The molecule has 5 nitrogen and oxygen atoms in total. The first-order valence-corrected chi connectivity index (χ1v) is 10.2. The van der Waals surface area contributed by atoms with Gasteiger partial charge in [0.05, 0.1) is 39.6 Å². The third-order valence-electron chi connectivity index (χ3n) is 4.09. The summed E-state index contributed by atoms with van der Waals surface area (Å²) in [5.41, 5.74) is 2.30. The second-order valence-electron chi connectivity index (χ2n) is 8.65. The van der Waals surface area contributed by atoms with Gasteiger partial charge in [0.25, 0.3) is 0 Å². The van der Waals surface area contributed by atoms with Gasteiger partial charge in [-0.2, -0.15) is 0 Å². The molecule has 2 aromatic rings. The maximum absolute atomic E-state index is 6.34. The maximum atomic E-state index is 6.34. The van der Waals surface area contributed by atoms with Crippen molar-refractivity contribution in [3.63, 3.8) is 0 Å². The van der Waals surface area contributed by atoms with E-state index >= 15 is 0 Å². The van der Waals surface area contributed by atoms with E-state index in [1.165, 1.54) is 0 Å². The Morgan fingerprint density at radius 1 is 1.27 bits per heavy atom. The lowest BCUT2D eigenvalue weighted by molar-refractivity contribution is -0.132. The highest BCUT2D eigenvalue weighted by atomic mass is 32.1. The molecule has 0 N–H and O–H groups in total. The van der Waals surface area contributed by atoms with Gasteiger partial charge in [0.1, 0.15) is 17.0 Å². The van der Waals surface area contributed by atoms with Gasteiger partial charge in [0.2, 0.25) is 0 Å². The first kappa shape index (κ1) is 19.9. The van der Waals surface area contributed by atoms with Gasteiger partial charge < -0.3 is 18.8 Å². The molecule has 1 aliphatic rings. The van der Waals surface area contributed by atoms with E-state index < -0.39 is 0 Å². The van der Waals surface area contributed by atoms with Crippen LogP contribution in [0.4, 0.5) is 0 Å². The lowest BCUT2D eigenvalue weighted by Gasteiger charge is -2.29. The smallest absolute Gasteiger partial charge is 0.137 e. The molecule has 1 aliphatic heterocycles. The summed E-state index contributed by atoms with van der Waals surface area (Å²) in [5, 5.41) is 0. The second-order valence-corrected chi connectivity index (χ2v) is 9.89. The molecule has 0 aromatic carbocycles. The van der Waals surface area contributed by atoms with E-state index in [1.54, 1.807) is 11.3 Å². The predicted octanol–water partition coefficient (Wildman–Crippen LogP) is 5.11. The highest BCUT2D eigenvalue weighted by Gasteiger charge is 2.40. The molecule has 3 heterocycles. The van der Waals surface area contributed by atoms with Crippen LogP contribution in [0.2, 0.25) is 0 Å². The molecule has 7 heteroatoms. The van der Waals surface area contributed by atoms with Crippen molar-refractivity contribution in [2.45, 2.75) is 77.6 Å². The Kier molecular flexibility index (Phi) is 5.57. The molecule has 0 radical (unpaired) electrons. The number of thiazole rings is 1. The van der Waals surface area contributed by atoms with Crippen LogP contribution in [0.1, 0.15) is 54.2 Å². The summed E-state index contributed by atoms with van der Waals surface area (Å²) in [6, 6.07) is 1.99. The van der Waals surface area contributed by atoms with Crippen molar-refractivity contribution in [1.82, 2.24) is 9.55 Å². The van der Waals surface area contributed by atoms with E-state index in [9.17, 15) is 0 Å². The fraction of sp³-hybridized carbons (Fsp3) is 0.684. The van der Waals surface area contributed by atoms with Crippen molar-refractivity contribution in [2.75, 3.05) is 6.61 Å². The molecule has 1 fully saturated rings. The summed E-state index contributed by atoms with van der Waals surface area (Å²) in [6.45, 7) is 12.8. The minimum Gasteiger partial charge on any atom is -0.373 e. The molecule has 0 saturated carbocycles. The summed E-state index contributed by atoms with van der Waals surface area (Å²) in [7, 11) is 0. The number of hydrogen-bond donors (Lipinski definition) is 0. The molecule has 1 saturated heterocycles. The van der Waals surface area contributed by atoms with Crippen LogP contribution in [-0.2, 0) is 14.2 Å². The third kappa shape index (κ3) is 4.70. The van der Waals surface area contributed by atoms with Crippen LogP contribution in [-0.4, -0.2) is 39.6 Å². The van der Waals surface area contributed by atoms with Crippen molar-refractivity contribution in [2.24, 2.45) is 0 Å². The zero-order valence-corrected chi connectivity index (χ0v) is 17.9. The lowest BCUT2D eigenvalue weighted by atomic mass is 10.1. The van der Waals surface area contributed by atoms with E-state index in [1.807, 2.05) is 43.1 Å². The monoisotopic (exact) mass is 396 g/mol. The average molecular weight is 397 g/mol. The molecule has 3 atom stereocenters. The number of fused-ring (bicyclic) bond motifs is 1. The number of hydrogen-bond acceptors (Lipinski definition) is 6. The van der Waals surface area contributed by atoms with Crippen LogP contribution in [0.5, 0.6) is 0 Å². The average Bonchev–Trinajstić information content (AvgIpc) is 3.10. The van der Waals surface area contributed by atoms with Crippen molar-refractivity contribution in [1.29, 1.82) is 0 Å². The zero-order valence-electron chi connectivity index (χ0n) is 16.3. The predicted molar refractivity (Wildman–Crippen MR) is 107 cm³/mol. The van der Waals surface area contributed by atoms with E-state index in [2.05, 4.69) is 25.8 Å². The Hall–Kier alpha value is -0.860. The van der Waals surface area contributed by atoms with Crippen molar-refractivity contribution in [3.8, 4) is 0 Å². The Balaban J connectivity index is 1.84. The van der Waals surface area contributed by atoms with E-state index in [0.29, 0.717) is 6.61 Å². The van der Waals surface area contributed by atoms with Gasteiger partial charge in [-0.3, -0.25) is 0 Å². The molecule has 2 aromatic heterocycles. The molecule has 1 unspecified atom stereocenters. The Bertz CT molecular complexity index is 817. The number of aromatic nitrogens is 2. The minimum atomic E-state index is -0.244. The van der Waals surface area contributed by atoms with Crippen LogP contribution in [0.3, 0.4) is 0 Å². The first-order valence-electron chi connectivity index (χ1n) is 8.95. The largest absolute Gasteiger partial charge is 0.373 e. The third-order valence-corrected chi connectivity index (χ3v) is 5.49. The number of ether oxygens (including phenoxy) is 3. The van der Waals surface area contributed by atoms with Crippen molar-refractivity contribution < 1.29 is 14.2 Å². The van der Waals surface area contributed by atoms with E-state index in [4.69, 9.17) is 26.4 Å². The van der Waals surface area contributed by atoms with Gasteiger partial charge in [0, 0.05) is 12.6 Å². The number of rotatable bonds is 4. The second kappa shape index (κ2) is 7.28. The summed E-state index contributed by atoms with van der Waals surface area (Å²) < 4.78 is 22.4. The van der Waals surface area contributed by atoms with E-state index in [-0.39, 0.29) is 29.6 Å². The van der Waals surface area contributed by atoms with Gasteiger partial charge in [-0.25, -0.2) is 4.98 Å². The molecule has 26 heavy (non-hydrogen) atoms. The molecule has 0 bridgehead atoms. The van der Waals surface area contributed by atoms with Crippen molar-refractivity contribution in [3.05, 3.63) is 22.4 Å². The molecule has 144 valence electrons. The quantitative estimate of drug-likeness (QED) is 0.672. The summed E-state index contributed by atoms with van der Waals surface area (Å²) in [4.78, 5) is 4.34. The van der Waals surface area contributed by atoms with Crippen LogP contribution in [0.25, 0.3) is 10.2 Å². The van der Waals surface area contributed by atoms with Gasteiger partial charge in [-0.15, -0.1) is 11.3 Å². The number of pyridine rings is 1. The fourth-order valence-corrected chi connectivity index (χ4v) is 4.17. The summed E-state index contributed by atoms with van der Waals surface area (Å²) in [6.07, 6.45) is 2.39. The SMILES string of the molecule is CC(C)(C)OC[C@H]1O[C@@H](n2ccc3ncsc3c2=S)CC1OC(C)(C)C. The Labute approximate surface area is 164 Å². The fourth-order valence-electron chi connectivity index (χ4n) is 3.03. The molecule has 0 amide bonds. The Morgan fingerprint density at radius 3 is 2.65 bits per heavy atom. The Morgan fingerprint density at radius 2 is 2.00 bits per heavy atom.